The summed E-state index contributed by atoms with van der Waals surface area (Å²) in [4.78, 5) is 0. The van der Waals surface area contributed by atoms with E-state index < -0.39 is 0 Å². The van der Waals surface area contributed by atoms with E-state index in [1.807, 2.05) is 7.05 Å². The summed E-state index contributed by atoms with van der Waals surface area (Å²) in [7, 11) is 1.86. The Morgan fingerprint density at radius 2 is 2.13 bits per heavy atom. The Morgan fingerprint density at radius 3 is 2.47 bits per heavy atom. The van der Waals surface area contributed by atoms with Gasteiger partial charge in [-0.05, 0) is 27.8 Å². The van der Waals surface area contributed by atoms with Gasteiger partial charge in [0.2, 0.25) is 0 Å². The van der Waals surface area contributed by atoms with Gasteiger partial charge in [-0.1, -0.05) is 26.0 Å². The predicted molar refractivity (Wildman–Crippen MR) is 62.8 cm³/mol. The first-order chi connectivity index (χ1) is 6.85. The molecule has 0 aliphatic rings. The van der Waals surface area contributed by atoms with Crippen LogP contribution in [0.15, 0.2) is 4.60 Å². The molecule has 1 rings (SSSR count). The van der Waals surface area contributed by atoms with Gasteiger partial charge in [0.05, 0.1) is 11.7 Å². The Morgan fingerprint density at radius 1 is 1.53 bits per heavy atom. The molecule has 0 aliphatic heterocycles. The Kier molecular flexibility index (Phi) is 3.86. The normalized spacial score (nSPS) is 14.3. The molecule has 0 aromatic carbocycles. The van der Waals surface area contributed by atoms with Crippen molar-refractivity contribution < 1.29 is 0 Å². The fourth-order valence-corrected chi connectivity index (χ4v) is 2.16. The molecule has 0 saturated carbocycles. The van der Waals surface area contributed by atoms with E-state index in [1.54, 1.807) is 4.68 Å². The lowest BCUT2D eigenvalue weighted by atomic mass is 9.87. The summed E-state index contributed by atoms with van der Waals surface area (Å²) in [5, 5.41) is 7.89. The molecule has 0 saturated heterocycles. The molecular formula is C9H18BrN5. The van der Waals surface area contributed by atoms with Crippen LogP contribution in [0.2, 0.25) is 0 Å². The molecule has 0 fully saturated rings. The van der Waals surface area contributed by atoms with Crippen molar-refractivity contribution in [1.29, 1.82) is 0 Å². The van der Waals surface area contributed by atoms with Gasteiger partial charge in [0, 0.05) is 7.05 Å². The summed E-state index contributed by atoms with van der Waals surface area (Å²) in [6, 6.07) is 0.0550. The van der Waals surface area contributed by atoms with Crippen LogP contribution in [0, 0.1) is 5.41 Å². The minimum Gasteiger partial charge on any atom is -0.271 e. The zero-order valence-electron chi connectivity index (χ0n) is 9.58. The lowest BCUT2D eigenvalue weighted by Crippen LogP contribution is -2.32. The van der Waals surface area contributed by atoms with Gasteiger partial charge in [0.1, 0.15) is 0 Å². The quantitative estimate of drug-likeness (QED) is 0.648. The fourth-order valence-electron chi connectivity index (χ4n) is 1.56. The summed E-state index contributed by atoms with van der Waals surface area (Å²) in [6.07, 6.45) is 0.920. The third-order valence-electron chi connectivity index (χ3n) is 2.17. The molecule has 5 nitrogen and oxygen atoms in total. The summed E-state index contributed by atoms with van der Waals surface area (Å²) in [5.74, 6) is 5.57. The monoisotopic (exact) mass is 275 g/mol. The van der Waals surface area contributed by atoms with Gasteiger partial charge < -0.3 is 0 Å². The van der Waals surface area contributed by atoms with Crippen molar-refractivity contribution in [2.45, 2.75) is 33.2 Å². The van der Waals surface area contributed by atoms with Crippen molar-refractivity contribution in [2.24, 2.45) is 18.3 Å². The summed E-state index contributed by atoms with van der Waals surface area (Å²) >= 11 is 3.38. The highest BCUT2D eigenvalue weighted by Crippen LogP contribution is 2.31. The molecule has 15 heavy (non-hydrogen) atoms. The van der Waals surface area contributed by atoms with Gasteiger partial charge in [0.15, 0.2) is 4.60 Å². The number of aryl methyl sites for hydroxylation is 1. The Hall–Kier alpha value is -0.460. The van der Waals surface area contributed by atoms with Gasteiger partial charge in [0.25, 0.3) is 0 Å². The van der Waals surface area contributed by atoms with Crippen molar-refractivity contribution in [3.63, 3.8) is 0 Å². The second-order valence-electron chi connectivity index (χ2n) is 4.87. The van der Waals surface area contributed by atoms with Crippen LogP contribution in [0.5, 0.6) is 0 Å². The average Bonchev–Trinajstić information content (AvgIpc) is 2.41. The highest BCUT2D eigenvalue weighted by Gasteiger charge is 2.24. The average molecular weight is 276 g/mol. The molecule has 6 heteroatoms. The summed E-state index contributed by atoms with van der Waals surface area (Å²) in [6.45, 7) is 6.53. The van der Waals surface area contributed by atoms with E-state index in [0.717, 1.165) is 16.7 Å². The van der Waals surface area contributed by atoms with Crippen LogP contribution in [0.1, 0.15) is 38.9 Å². The van der Waals surface area contributed by atoms with Crippen LogP contribution in [-0.2, 0) is 7.05 Å². The largest absolute Gasteiger partial charge is 0.271 e. The van der Waals surface area contributed by atoms with Gasteiger partial charge in [-0.25, -0.2) is 4.68 Å². The maximum atomic E-state index is 5.57. The lowest BCUT2D eigenvalue weighted by Gasteiger charge is -2.25. The number of aromatic nitrogens is 3. The number of hydrogen-bond donors (Lipinski definition) is 2. The zero-order valence-corrected chi connectivity index (χ0v) is 11.2. The Bertz CT molecular complexity index is 308. The molecule has 1 heterocycles. The highest BCUT2D eigenvalue weighted by atomic mass is 79.9. The topological polar surface area (TPSA) is 68.8 Å². The van der Waals surface area contributed by atoms with Crippen molar-refractivity contribution >= 4 is 15.9 Å². The molecule has 0 bridgehead atoms. The van der Waals surface area contributed by atoms with Crippen LogP contribution in [0.25, 0.3) is 0 Å². The second-order valence-corrected chi connectivity index (χ2v) is 5.62. The van der Waals surface area contributed by atoms with Crippen LogP contribution in [-0.4, -0.2) is 15.0 Å². The molecule has 3 N–H and O–H groups in total. The minimum absolute atomic E-state index is 0.0550. The zero-order chi connectivity index (χ0) is 11.6. The summed E-state index contributed by atoms with van der Waals surface area (Å²) < 4.78 is 2.48. The SMILES string of the molecule is Cn1nnc(Br)c1C(CC(C)(C)C)NN. The van der Waals surface area contributed by atoms with E-state index in [1.165, 1.54) is 0 Å². The van der Waals surface area contributed by atoms with E-state index >= 15 is 0 Å². The van der Waals surface area contributed by atoms with E-state index in [-0.39, 0.29) is 11.5 Å². The van der Waals surface area contributed by atoms with Crippen molar-refractivity contribution in [1.82, 2.24) is 20.4 Å². The van der Waals surface area contributed by atoms with Crippen LogP contribution in [0.3, 0.4) is 0 Å². The minimum atomic E-state index is 0.0550. The van der Waals surface area contributed by atoms with Crippen LogP contribution in [0.4, 0.5) is 0 Å². The van der Waals surface area contributed by atoms with Crippen molar-refractivity contribution in [2.75, 3.05) is 0 Å². The number of nitrogens with two attached hydrogens (primary N) is 1. The second kappa shape index (κ2) is 4.59. The highest BCUT2D eigenvalue weighted by molar-refractivity contribution is 9.10. The van der Waals surface area contributed by atoms with Crippen molar-refractivity contribution in [3.05, 3.63) is 10.3 Å². The lowest BCUT2D eigenvalue weighted by molar-refractivity contribution is 0.304. The molecule has 0 radical (unpaired) electrons. The Balaban J connectivity index is 2.93. The number of hydrogen-bond acceptors (Lipinski definition) is 4. The van der Waals surface area contributed by atoms with Crippen LogP contribution >= 0.6 is 15.9 Å². The van der Waals surface area contributed by atoms with E-state index in [9.17, 15) is 0 Å². The number of halogens is 1. The predicted octanol–water partition coefficient (Wildman–Crippen LogP) is 1.52. The third-order valence-corrected chi connectivity index (χ3v) is 2.74. The molecule has 1 aromatic heterocycles. The smallest absolute Gasteiger partial charge is 0.153 e. The third kappa shape index (κ3) is 3.25. The van der Waals surface area contributed by atoms with E-state index in [2.05, 4.69) is 52.4 Å². The number of nitrogens with zero attached hydrogens (tertiary/aromatic N) is 3. The molecule has 0 amide bonds. The van der Waals surface area contributed by atoms with Gasteiger partial charge in [-0.2, -0.15) is 0 Å². The Labute approximate surface area is 98.5 Å². The molecule has 1 atom stereocenters. The fraction of sp³-hybridized carbons (Fsp3) is 0.778. The first-order valence-corrected chi connectivity index (χ1v) is 5.65. The molecular weight excluding hydrogens is 258 g/mol. The standard InChI is InChI=1S/C9H18BrN5/c1-9(2,3)5-6(12-11)7-8(10)13-14-15(7)4/h6,12H,5,11H2,1-4H3. The molecule has 0 aliphatic carbocycles. The van der Waals surface area contributed by atoms with E-state index in [4.69, 9.17) is 5.84 Å². The van der Waals surface area contributed by atoms with Crippen molar-refractivity contribution in [3.8, 4) is 0 Å². The van der Waals surface area contributed by atoms with Gasteiger partial charge >= 0.3 is 0 Å². The summed E-state index contributed by atoms with van der Waals surface area (Å²) in [5.41, 5.74) is 3.99. The first-order valence-electron chi connectivity index (χ1n) is 4.86. The molecule has 1 aromatic rings. The maximum absolute atomic E-state index is 5.57. The van der Waals surface area contributed by atoms with Gasteiger partial charge in [-0.3, -0.25) is 11.3 Å². The molecule has 0 spiro atoms. The maximum Gasteiger partial charge on any atom is 0.153 e. The number of nitrogens with one attached hydrogen (secondary N) is 1. The van der Waals surface area contributed by atoms with Gasteiger partial charge in [-0.15, -0.1) is 5.10 Å². The first kappa shape index (κ1) is 12.6. The number of hydrazine groups is 1. The number of rotatable bonds is 3. The van der Waals surface area contributed by atoms with E-state index in [0.29, 0.717) is 0 Å². The van der Waals surface area contributed by atoms with Crippen LogP contribution < -0.4 is 11.3 Å². The molecule has 86 valence electrons. The molecule has 1 unspecified atom stereocenters.